The molecule has 0 N–H and O–H groups in total. The highest BCUT2D eigenvalue weighted by molar-refractivity contribution is 6.01. The second kappa shape index (κ2) is 1.90. The van der Waals surface area contributed by atoms with Crippen molar-refractivity contribution in [1.82, 2.24) is 0 Å². The van der Waals surface area contributed by atoms with Gasteiger partial charge in [-0.2, -0.15) is 0 Å². The maximum atomic E-state index is 10.5. The van der Waals surface area contributed by atoms with Gasteiger partial charge in [0.25, 0.3) is 0 Å². The van der Waals surface area contributed by atoms with Crippen molar-refractivity contribution in [2.45, 2.75) is 13.3 Å². The Hall–Kier alpha value is -0.920. The number of rotatable bonds is 0. The van der Waals surface area contributed by atoms with Crippen molar-refractivity contribution in [3.05, 3.63) is 11.8 Å². The van der Waals surface area contributed by atoms with Gasteiger partial charge in [-0.15, -0.1) is 0 Å². The predicted molar refractivity (Wildman–Crippen MR) is 31.9 cm³/mol. The van der Waals surface area contributed by atoms with Crippen molar-refractivity contribution in [2.75, 3.05) is 0 Å². The summed E-state index contributed by atoms with van der Waals surface area (Å²) in [5.74, 6) is 0.150. The van der Waals surface area contributed by atoms with Crippen LogP contribution < -0.4 is 0 Å². The van der Waals surface area contributed by atoms with Crippen LogP contribution in [0.1, 0.15) is 13.3 Å². The van der Waals surface area contributed by atoms with Gasteiger partial charge in [-0.1, -0.05) is 0 Å². The van der Waals surface area contributed by atoms with Crippen molar-refractivity contribution in [3.8, 4) is 0 Å². The second-order valence-corrected chi connectivity index (χ2v) is 1.77. The molecule has 0 radical (unpaired) electrons. The Morgan fingerprint density at radius 2 is 2.50 bits per heavy atom. The third kappa shape index (κ3) is 1.03. The van der Waals surface area contributed by atoms with Gasteiger partial charge in [-0.05, 0) is 6.92 Å². The van der Waals surface area contributed by atoms with Gasteiger partial charge in [-0.3, -0.25) is 9.79 Å². The SMILES string of the molecule is CC1=CC(=O)CC=N1. The lowest BCUT2D eigenvalue weighted by molar-refractivity contribution is -0.113. The first-order chi connectivity index (χ1) is 3.79. The molecule has 0 fully saturated rings. The summed E-state index contributed by atoms with van der Waals surface area (Å²) >= 11 is 0. The maximum Gasteiger partial charge on any atom is 0.162 e. The summed E-state index contributed by atoms with van der Waals surface area (Å²) in [5.41, 5.74) is 0.807. The molecule has 1 aliphatic heterocycles. The number of ketones is 1. The van der Waals surface area contributed by atoms with E-state index in [9.17, 15) is 4.79 Å². The molecule has 42 valence electrons. The van der Waals surface area contributed by atoms with Crippen LogP contribution in [0.25, 0.3) is 0 Å². The Kier molecular flexibility index (Phi) is 1.24. The number of hydrogen-bond donors (Lipinski definition) is 0. The molecule has 0 aromatic rings. The summed E-state index contributed by atoms with van der Waals surface area (Å²) < 4.78 is 0. The Morgan fingerprint density at radius 1 is 1.75 bits per heavy atom. The molecule has 8 heavy (non-hydrogen) atoms. The lowest BCUT2D eigenvalue weighted by Crippen LogP contribution is -1.98. The zero-order valence-electron chi connectivity index (χ0n) is 4.72. The van der Waals surface area contributed by atoms with Crippen molar-refractivity contribution in [1.29, 1.82) is 0 Å². The number of hydrogen-bond acceptors (Lipinski definition) is 2. The largest absolute Gasteiger partial charge is 0.294 e. The van der Waals surface area contributed by atoms with Gasteiger partial charge in [0.2, 0.25) is 0 Å². The highest BCUT2D eigenvalue weighted by Crippen LogP contribution is 2.00. The minimum atomic E-state index is 0.150. The van der Waals surface area contributed by atoms with E-state index < -0.39 is 0 Å². The molecule has 0 amide bonds. The number of aliphatic imine (C=N–C) groups is 1. The number of carbonyl (C=O) groups excluding carboxylic acids is 1. The summed E-state index contributed by atoms with van der Waals surface area (Å²) in [6, 6.07) is 0. The fourth-order valence-corrected chi connectivity index (χ4v) is 0.609. The van der Waals surface area contributed by atoms with Crippen LogP contribution >= 0.6 is 0 Å². The molecule has 0 aromatic carbocycles. The van der Waals surface area contributed by atoms with Gasteiger partial charge < -0.3 is 0 Å². The van der Waals surface area contributed by atoms with Crippen molar-refractivity contribution in [2.24, 2.45) is 4.99 Å². The first-order valence-corrected chi connectivity index (χ1v) is 2.53. The molecule has 0 spiro atoms. The Labute approximate surface area is 47.9 Å². The average molecular weight is 109 g/mol. The van der Waals surface area contributed by atoms with Gasteiger partial charge in [0.05, 0.1) is 0 Å². The predicted octanol–water partition coefficient (Wildman–Crippen LogP) is 0.934. The van der Waals surface area contributed by atoms with E-state index in [1.807, 2.05) is 6.92 Å². The van der Waals surface area contributed by atoms with E-state index in [0.717, 1.165) is 5.70 Å². The molecular formula is C6H7NO. The lowest BCUT2D eigenvalue weighted by Gasteiger charge is -1.96. The summed E-state index contributed by atoms with van der Waals surface area (Å²) in [6.45, 7) is 1.81. The zero-order valence-corrected chi connectivity index (χ0v) is 4.72. The van der Waals surface area contributed by atoms with Crippen LogP contribution in [0.2, 0.25) is 0 Å². The van der Waals surface area contributed by atoms with E-state index in [0.29, 0.717) is 6.42 Å². The first-order valence-electron chi connectivity index (χ1n) is 2.53. The maximum absolute atomic E-state index is 10.5. The van der Waals surface area contributed by atoms with E-state index in [-0.39, 0.29) is 5.78 Å². The van der Waals surface area contributed by atoms with Gasteiger partial charge >= 0.3 is 0 Å². The van der Waals surface area contributed by atoms with Crippen LogP contribution in [0, 0.1) is 0 Å². The Balaban J connectivity index is 2.77. The Bertz CT molecular complexity index is 167. The van der Waals surface area contributed by atoms with Crippen LogP contribution in [0.4, 0.5) is 0 Å². The second-order valence-electron chi connectivity index (χ2n) is 1.77. The highest BCUT2D eigenvalue weighted by Gasteiger charge is 1.99. The lowest BCUT2D eigenvalue weighted by atomic mass is 10.2. The molecule has 0 saturated carbocycles. The molecule has 0 bridgehead atoms. The molecular weight excluding hydrogens is 102 g/mol. The first kappa shape index (κ1) is 5.22. The van der Waals surface area contributed by atoms with Crippen LogP contribution in [0.15, 0.2) is 16.8 Å². The smallest absolute Gasteiger partial charge is 0.162 e. The van der Waals surface area contributed by atoms with E-state index >= 15 is 0 Å². The van der Waals surface area contributed by atoms with Crippen molar-refractivity contribution < 1.29 is 4.79 Å². The monoisotopic (exact) mass is 109 g/mol. The molecule has 0 aromatic heterocycles. The fraction of sp³-hybridized carbons (Fsp3) is 0.333. The summed E-state index contributed by atoms with van der Waals surface area (Å²) in [6.07, 6.45) is 3.66. The van der Waals surface area contributed by atoms with Gasteiger partial charge in [0.1, 0.15) is 0 Å². The van der Waals surface area contributed by atoms with E-state index in [1.165, 1.54) is 0 Å². The molecule has 0 saturated heterocycles. The van der Waals surface area contributed by atoms with Gasteiger partial charge in [-0.25, -0.2) is 0 Å². The van der Waals surface area contributed by atoms with E-state index in [4.69, 9.17) is 0 Å². The standard InChI is InChI=1S/C6H7NO/c1-5-4-6(8)2-3-7-5/h3-4H,2H2,1H3. The number of carbonyl (C=O) groups is 1. The van der Waals surface area contributed by atoms with E-state index in [2.05, 4.69) is 4.99 Å². The topological polar surface area (TPSA) is 29.4 Å². The average Bonchev–Trinajstić information content (AvgIpc) is 1.64. The normalized spacial score (nSPS) is 18.6. The van der Waals surface area contributed by atoms with Crippen LogP contribution in [0.5, 0.6) is 0 Å². The Morgan fingerprint density at radius 3 is 2.88 bits per heavy atom. The number of nitrogens with zero attached hydrogens (tertiary/aromatic N) is 1. The zero-order chi connectivity index (χ0) is 5.98. The molecule has 1 rings (SSSR count). The summed E-state index contributed by atoms with van der Waals surface area (Å²) in [7, 11) is 0. The van der Waals surface area contributed by atoms with Gasteiger partial charge in [0, 0.05) is 24.4 Å². The molecule has 0 aliphatic carbocycles. The van der Waals surface area contributed by atoms with Gasteiger partial charge in [0.15, 0.2) is 5.78 Å². The molecule has 2 heteroatoms. The third-order valence-electron chi connectivity index (χ3n) is 0.957. The fourth-order valence-electron chi connectivity index (χ4n) is 0.609. The minimum Gasteiger partial charge on any atom is -0.294 e. The molecule has 1 aliphatic rings. The summed E-state index contributed by atoms with van der Waals surface area (Å²) in [4.78, 5) is 14.4. The molecule has 0 unspecified atom stereocenters. The van der Waals surface area contributed by atoms with Crippen molar-refractivity contribution in [3.63, 3.8) is 0 Å². The van der Waals surface area contributed by atoms with Crippen molar-refractivity contribution >= 4 is 12.0 Å². The molecule has 1 heterocycles. The quantitative estimate of drug-likeness (QED) is 0.455. The summed E-state index contributed by atoms with van der Waals surface area (Å²) in [5, 5.41) is 0. The third-order valence-corrected chi connectivity index (χ3v) is 0.957. The van der Waals surface area contributed by atoms with E-state index in [1.54, 1.807) is 12.3 Å². The van der Waals surface area contributed by atoms with Crippen LogP contribution in [-0.2, 0) is 4.79 Å². The molecule has 2 nitrogen and oxygen atoms in total. The highest BCUT2D eigenvalue weighted by atomic mass is 16.1. The molecule has 0 atom stereocenters. The van der Waals surface area contributed by atoms with Crippen LogP contribution in [0.3, 0.4) is 0 Å². The van der Waals surface area contributed by atoms with Crippen LogP contribution in [-0.4, -0.2) is 12.0 Å². The number of allylic oxidation sites excluding steroid dienone is 2. The minimum absolute atomic E-state index is 0.150.